The molecular weight excluding hydrogens is 880 g/mol. The number of halogens is 1. The van der Waals surface area contributed by atoms with Crippen LogP contribution in [0.5, 0.6) is 5.75 Å². The Balaban J connectivity index is 0.000000265. The molecule has 3 aromatic carbocycles. The lowest BCUT2D eigenvalue weighted by atomic mass is 9.77. The number of hydrogen-bond acceptors (Lipinski definition) is 9. The summed E-state index contributed by atoms with van der Waals surface area (Å²) >= 11 is 8.05. The molecule has 0 spiro atoms. The monoisotopic (exact) mass is 971 g/mol. The van der Waals surface area contributed by atoms with Gasteiger partial charge < -0.3 is 31.3 Å². The number of thioether (sulfide) groups is 1. The van der Waals surface area contributed by atoms with Crippen LogP contribution in [-0.2, 0) is 19.3 Å². The van der Waals surface area contributed by atoms with Crippen molar-refractivity contribution in [3.8, 4) is 5.75 Å². The van der Waals surface area contributed by atoms with Crippen molar-refractivity contribution in [1.82, 2.24) is 10.2 Å². The van der Waals surface area contributed by atoms with Crippen molar-refractivity contribution in [1.29, 1.82) is 0 Å². The van der Waals surface area contributed by atoms with Gasteiger partial charge in [0.15, 0.2) is 5.78 Å². The predicted molar refractivity (Wildman–Crippen MR) is 298 cm³/mol. The zero-order chi connectivity index (χ0) is 50.2. The molecule has 2 saturated heterocycles. The zero-order valence-corrected chi connectivity index (χ0v) is 45.8. The van der Waals surface area contributed by atoms with Gasteiger partial charge in [-0.2, -0.15) is 0 Å². The van der Waals surface area contributed by atoms with Gasteiger partial charge in [0.25, 0.3) is 0 Å². The van der Waals surface area contributed by atoms with Gasteiger partial charge in [-0.3, -0.25) is 4.79 Å². The van der Waals surface area contributed by atoms with Crippen molar-refractivity contribution in [3.63, 3.8) is 0 Å². The first kappa shape index (κ1) is 58.2. The van der Waals surface area contributed by atoms with Crippen LogP contribution in [0, 0.1) is 11.3 Å². The van der Waals surface area contributed by atoms with Crippen molar-refractivity contribution in [2.24, 2.45) is 22.1 Å². The van der Waals surface area contributed by atoms with E-state index in [0.717, 1.165) is 60.2 Å². The number of hydrogen-bond donors (Lipinski definition) is 4. The number of unbranched alkanes of at least 4 members (excludes halogenated alkanes) is 1. The van der Waals surface area contributed by atoms with Crippen molar-refractivity contribution >= 4 is 46.4 Å². The summed E-state index contributed by atoms with van der Waals surface area (Å²) in [7, 11) is 1.86. The molecule has 3 fully saturated rings. The van der Waals surface area contributed by atoms with E-state index < -0.39 is 0 Å². The van der Waals surface area contributed by atoms with E-state index in [4.69, 9.17) is 17.3 Å². The second-order valence-electron chi connectivity index (χ2n) is 19.2. The maximum atomic E-state index is 11.4. The normalized spacial score (nSPS) is 17.2. The largest absolute Gasteiger partial charge is 0.507 e. The highest BCUT2D eigenvalue weighted by molar-refractivity contribution is 8.00. The van der Waals surface area contributed by atoms with Crippen LogP contribution in [0.2, 0.25) is 5.02 Å². The molecule has 8 nitrogen and oxygen atoms in total. The number of anilines is 2. The van der Waals surface area contributed by atoms with Crippen molar-refractivity contribution in [2.45, 2.75) is 182 Å². The molecule has 1 saturated carbocycles. The number of aryl methyl sites for hydroxylation is 3. The Morgan fingerprint density at radius 3 is 2.16 bits per heavy atom. The number of amidine groups is 1. The Bertz CT molecular complexity index is 2050. The molecule has 3 aromatic rings. The third kappa shape index (κ3) is 18.3. The third-order valence-corrected chi connectivity index (χ3v) is 15.0. The number of nitrogens with one attached hydrogen (secondary N) is 2. The molecule has 10 heteroatoms. The minimum Gasteiger partial charge on any atom is -0.507 e. The number of carbonyl (C=O) groups excluding carboxylic acids is 1. The maximum absolute atomic E-state index is 11.4. The number of nitrogens with zero attached hydrogens (tertiary/aromatic N) is 3. The number of nitrogens with two attached hydrogens (primary N) is 1. The van der Waals surface area contributed by atoms with Crippen LogP contribution in [0.4, 0.5) is 11.4 Å². The minimum atomic E-state index is -0.117. The molecule has 0 aromatic heterocycles. The van der Waals surface area contributed by atoms with Crippen molar-refractivity contribution in [3.05, 3.63) is 106 Å². The lowest BCUT2D eigenvalue weighted by Crippen LogP contribution is -2.43. The summed E-state index contributed by atoms with van der Waals surface area (Å²) < 4.78 is 0. The Morgan fingerprint density at radius 2 is 1.63 bits per heavy atom. The quantitative estimate of drug-likeness (QED) is 0.0831. The van der Waals surface area contributed by atoms with Gasteiger partial charge in [-0.05, 0) is 141 Å². The number of Topliss-reactive ketones (excluding diaryl/α,β-unsaturated/α-hetero) is 1. The van der Waals surface area contributed by atoms with E-state index in [0.29, 0.717) is 27.8 Å². The van der Waals surface area contributed by atoms with Crippen LogP contribution in [0.3, 0.4) is 0 Å². The van der Waals surface area contributed by atoms with Crippen LogP contribution < -0.4 is 21.3 Å². The number of piperidine rings is 2. The first-order valence-corrected chi connectivity index (χ1v) is 27.5. The van der Waals surface area contributed by atoms with Crippen molar-refractivity contribution in [2.75, 3.05) is 43.4 Å². The molecule has 1 aliphatic carbocycles. The van der Waals surface area contributed by atoms with Crippen LogP contribution >= 0.6 is 23.4 Å². The molecule has 5 N–H and O–H groups in total. The molecule has 3 heterocycles. The van der Waals surface area contributed by atoms with Crippen LogP contribution in [-0.4, -0.2) is 60.2 Å². The summed E-state index contributed by atoms with van der Waals surface area (Å²) in [6.45, 7) is 29.4. The summed E-state index contributed by atoms with van der Waals surface area (Å²) in [5.74, 6) is 2.66. The Hall–Kier alpha value is -4.08. The highest BCUT2D eigenvalue weighted by Gasteiger charge is 2.31. The lowest BCUT2D eigenvalue weighted by Gasteiger charge is -2.41. The number of aromatic hydroxyl groups is 1. The number of ketones is 1. The highest BCUT2D eigenvalue weighted by Crippen LogP contribution is 2.38. The minimum absolute atomic E-state index is 0.0811. The Labute approximate surface area is 423 Å². The smallest absolute Gasteiger partial charge is 0.163 e. The molecule has 0 amide bonds. The van der Waals surface area contributed by atoms with Gasteiger partial charge in [0.1, 0.15) is 22.8 Å². The molecule has 0 radical (unpaired) electrons. The third-order valence-electron chi connectivity index (χ3n) is 13.2. The number of rotatable bonds is 16. The van der Waals surface area contributed by atoms with Gasteiger partial charge in [-0.1, -0.05) is 142 Å². The Morgan fingerprint density at radius 1 is 0.956 bits per heavy atom. The second kappa shape index (κ2) is 30.5. The molecule has 1 unspecified atom stereocenters. The predicted octanol–water partition coefficient (Wildman–Crippen LogP) is 15.3. The van der Waals surface area contributed by atoms with E-state index in [-0.39, 0.29) is 16.9 Å². The first-order chi connectivity index (χ1) is 32.7. The molecule has 4 aliphatic rings. The van der Waals surface area contributed by atoms with E-state index in [1.54, 1.807) is 29.0 Å². The summed E-state index contributed by atoms with van der Waals surface area (Å²) in [5, 5.41) is 16.9. The summed E-state index contributed by atoms with van der Waals surface area (Å²) in [4.78, 5) is 21.9. The fraction of sp³-hybridized carbons (Fsp3) is 0.586. The van der Waals surface area contributed by atoms with E-state index in [9.17, 15) is 9.90 Å². The van der Waals surface area contributed by atoms with Crippen molar-refractivity contribution < 1.29 is 9.90 Å². The zero-order valence-electron chi connectivity index (χ0n) is 44.2. The van der Waals surface area contributed by atoms with Gasteiger partial charge in [-0.25, -0.2) is 4.99 Å². The number of aliphatic imine (C=N–C) groups is 1. The molecule has 7 rings (SSSR count). The molecule has 1 atom stereocenters. The average Bonchev–Trinajstić information content (AvgIpc) is 4.24. The molecule has 3 aliphatic heterocycles. The van der Waals surface area contributed by atoms with Gasteiger partial charge in [0, 0.05) is 50.0 Å². The Kier molecular flexibility index (Phi) is 26.1. The number of benzene rings is 3. The SMILES string of the molecule is C1CC1.C=CC1CCN(c2ccc(CCCC)c(CC)c2)CC1.CC.CCCC1(C)CCN(C2=CNC(Sc3cccc(NC)c3Cl)C(N)=N2)CC1.CCCc1cc(O)c(C(C)=O)cc1C(C)C. The van der Waals surface area contributed by atoms with Crippen LogP contribution in [0.15, 0.2) is 83.1 Å². The van der Waals surface area contributed by atoms with Gasteiger partial charge in [0.2, 0.25) is 0 Å². The van der Waals surface area contributed by atoms with E-state index >= 15 is 0 Å². The number of allylic oxidation sites excluding steroid dienone is 1. The van der Waals surface area contributed by atoms with Gasteiger partial charge >= 0.3 is 0 Å². The maximum Gasteiger partial charge on any atom is 0.163 e. The molecule has 378 valence electrons. The number of likely N-dealkylation sites (tertiary alicyclic amines) is 1. The number of carbonyl (C=O) groups is 1. The van der Waals surface area contributed by atoms with Crippen LogP contribution in [0.1, 0.15) is 185 Å². The van der Waals surface area contributed by atoms with Gasteiger partial charge in [-0.15, -0.1) is 6.58 Å². The van der Waals surface area contributed by atoms with E-state index in [1.807, 2.05) is 51.4 Å². The van der Waals surface area contributed by atoms with Gasteiger partial charge in [0.05, 0.1) is 16.3 Å². The number of phenols is 1. The molecule has 68 heavy (non-hydrogen) atoms. The first-order valence-electron chi connectivity index (χ1n) is 26.2. The fourth-order valence-corrected chi connectivity index (χ4v) is 10.2. The highest BCUT2D eigenvalue weighted by atomic mass is 35.5. The second-order valence-corrected chi connectivity index (χ2v) is 20.7. The van der Waals surface area contributed by atoms with E-state index in [2.05, 4.69) is 105 Å². The molecule has 0 bridgehead atoms. The summed E-state index contributed by atoms with van der Waals surface area (Å²) in [5.41, 5.74) is 14.9. The standard InChI is InChI=1S/C20H30ClN5S.C19H29N.C14H20O2.C3H6.C2H6/c1-4-8-20(2)9-11-26(12-10-20)16-13-24-19(18(22)25-16)27-15-7-5-6-14(23-3)17(15)21;1-4-7-8-18-9-10-19(15-17(18)6-3)20-13-11-16(5-2)12-14-20;1-5-6-11-7-14(16)13(10(4)15)8-12(11)9(2)3;1-2-3-1;1-2/h5-7,13,19,23-24H,4,8-12H2,1-3H3,(H2,22,25);5,9-10,15-16H,2,4,6-8,11-14H2,1,3H3;7-9,16H,5-6H2,1-4H3;1-3H2;1-2H3. The molecular formula is C58H91ClN6O2S. The average molecular weight is 972 g/mol. The summed E-state index contributed by atoms with van der Waals surface area (Å²) in [6.07, 6.45) is 23.0. The summed E-state index contributed by atoms with van der Waals surface area (Å²) in [6, 6.07) is 16.7. The number of phenolic OH excluding ortho intramolecular Hbond substituents is 1. The topological polar surface area (TPSA) is 106 Å². The van der Waals surface area contributed by atoms with E-state index in [1.165, 1.54) is 108 Å². The fourth-order valence-electron chi connectivity index (χ4n) is 8.86. The lowest BCUT2D eigenvalue weighted by molar-refractivity contribution is 0.101. The van der Waals surface area contributed by atoms with Crippen LogP contribution in [0.25, 0.3) is 0 Å².